The molecule has 0 bridgehead atoms. The van der Waals surface area contributed by atoms with Crippen molar-refractivity contribution in [2.75, 3.05) is 10.0 Å². The summed E-state index contributed by atoms with van der Waals surface area (Å²) in [6.45, 7) is 4.82. The predicted molar refractivity (Wildman–Crippen MR) is 97.8 cm³/mol. The molecule has 130 valence electrons. The maximum atomic E-state index is 12.2. The molecule has 0 saturated carbocycles. The number of nitriles is 1. The van der Waals surface area contributed by atoms with Crippen molar-refractivity contribution < 1.29 is 13.2 Å². The van der Waals surface area contributed by atoms with Gasteiger partial charge in [-0.25, -0.2) is 8.42 Å². The number of carbonyl (C=O) groups excluding carboxylic acids is 1. The lowest BCUT2D eigenvalue weighted by molar-refractivity contribution is 0.102. The maximum Gasteiger partial charge on any atom is 0.255 e. The largest absolute Gasteiger partial charge is 0.322 e. The molecule has 6 nitrogen and oxygen atoms in total. The number of amides is 1. The van der Waals surface area contributed by atoms with E-state index in [1.165, 1.54) is 12.1 Å². The first-order valence-electron chi connectivity index (χ1n) is 7.56. The van der Waals surface area contributed by atoms with Crippen LogP contribution in [0.25, 0.3) is 0 Å². The monoisotopic (exact) mass is 357 g/mol. The Balaban J connectivity index is 2.08. The molecule has 0 unspecified atom stereocenters. The number of rotatable bonds is 4. The summed E-state index contributed by atoms with van der Waals surface area (Å²) < 4.78 is 25.8. The van der Waals surface area contributed by atoms with Gasteiger partial charge >= 0.3 is 0 Å². The summed E-state index contributed by atoms with van der Waals surface area (Å²) >= 11 is 0. The Morgan fingerprint density at radius 1 is 0.960 bits per heavy atom. The number of hydrogen-bond acceptors (Lipinski definition) is 4. The van der Waals surface area contributed by atoms with Crippen LogP contribution < -0.4 is 10.0 Å². The molecular weight excluding hydrogens is 338 g/mol. The summed E-state index contributed by atoms with van der Waals surface area (Å²) in [6, 6.07) is 14.7. The molecule has 0 aliphatic carbocycles. The van der Waals surface area contributed by atoms with Crippen molar-refractivity contribution in [2.45, 2.75) is 25.5 Å². The first kappa shape index (κ1) is 18.5. The second kappa shape index (κ2) is 6.95. The van der Waals surface area contributed by atoms with Crippen molar-refractivity contribution >= 4 is 27.3 Å². The maximum absolute atomic E-state index is 12.2. The molecule has 0 atom stereocenters. The summed E-state index contributed by atoms with van der Waals surface area (Å²) in [7, 11) is -3.52. The lowest BCUT2D eigenvalue weighted by Gasteiger charge is -2.20. The van der Waals surface area contributed by atoms with E-state index in [2.05, 4.69) is 10.0 Å². The van der Waals surface area contributed by atoms with Crippen molar-refractivity contribution in [3.05, 3.63) is 59.7 Å². The Kier molecular flexibility index (Phi) is 5.14. The van der Waals surface area contributed by atoms with Gasteiger partial charge in [0.15, 0.2) is 0 Å². The molecule has 0 spiro atoms. The minimum absolute atomic E-state index is 0.324. The third kappa shape index (κ3) is 4.58. The molecule has 2 N–H and O–H groups in total. The predicted octanol–water partition coefficient (Wildman–Crippen LogP) is 3.35. The first-order valence-corrected chi connectivity index (χ1v) is 9.05. The Bertz CT molecular complexity index is 904. The highest BCUT2D eigenvalue weighted by Gasteiger charge is 2.28. The molecule has 0 saturated heterocycles. The normalized spacial score (nSPS) is 11.4. The van der Waals surface area contributed by atoms with Gasteiger partial charge in [-0.15, -0.1) is 0 Å². The SMILES string of the molecule is CC(C)(C)S(=O)(=O)Nc1ccc(C(=O)Nc2ccc(C#N)cc2)cc1. The minimum Gasteiger partial charge on any atom is -0.322 e. The number of benzene rings is 2. The van der Waals surface area contributed by atoms with Crippen molar-refractivity contribution in [1.82, 2.24) is 0 Å². The smallest absolute Gasteiger partial charge is 0.255 e. The average Bonchev–Trinajstić information content (AvgIpc) is 2.55. The van der Waals surface area contributed by atoms with Gasteiger partial charge in [0.05, 0.1) is 16.4 Å². The molecule has 2 rings (SSSR count). The molecular formula is C18H19N3O3S. The molecule has 0 radical (unpaired) electrons. The van der Waals surface area contributed by atoms with Crippen molar-refractivity contribution in [1.29, 1.82) is 5.26 Å². The van der Waals surface area contributed by atoms with Crippen LogP contribution in [0.2, 0.25) is 0 Å². The van der Waals surface area contributed by atoms with Crippen LogP contribution in [-0.4, -0.2) is 19.1 Å². The van der Waals surface area contributed by atoms with E-state index in [9.17, 15) is 13.2 Å². The molecule has 2 aromatic carbocycles. The Hall–Kier alpha value is -2.85. The Morgan fingerprint density at radius 3 is 1.96 bits per heavy atom. The second-order valence-corrected chi connectivity index (χ2v) is 8.87. The average molecular weight is 357 g/mol. The van der Waals surface area contributed by atoms with E-state index >= 15 is 0 Å². The molecule has 0 aliphatic heterocycles. The summed E-state index contributed by atoms with van der Waals surface area (Å²) in [5.74, 6) is -0.324. The van der Waals surface area contributed by atoms with Crippen LogP contribution in [0.15, 0.2) is 48.5 Å². The number of carbonyl (C=O) groups is 1. The van der Waals surface area contributed by atoms with Crippen molar-refractivity contribution in [3.63, 3.8) is 0 Å². The van der Waals surface area contributed by atoms with E-state index in [0.29, 0.717) is 22.5 Å². The van der Waals surface area contributed by atoms with Crippen molar-refractivity contribution in [3.8, 4) is 6.07 Å². The van der Waals surface area contributed by atoms with Crippen LogP contribution in [0, 0.1) is 11.3 Å². The lowest BCUT2D eigenvalue weighted by Crippen LogP contribution is -2.33. The highest BCUT2D eigenvalue weighted by Crippen LogP contribution is 2.20. The second-order valence-electron chi connectivity index (χ2n) is 6.44. The van der Waals surface area contributed by atoms with E-state index in [0.717, 1.165) is 0 Å². The summed E-state index contributed by atoms with van der Waals surface area (Å²) in [5, 5.41) is 11.5. The third-order valence-electron chi connectivity index (χ3n) is 3.48. The highest BCUT2D eigenvalue weighted by molar-refractivity contribution is 7.94. The zero-order valence-electron chi connectivity index (χ0n) is 14.2. The molecule has 0 aliphatic rings. The number of anilines is 2. The first-order chi connectivity index (χ1) is 11.6. The van der Waals surface area contributed by atoms with Crippen LogP contribution in [0.5, 0.6) is 0 Å². The quantitative estimate of drug-likeness (QED) is 0.876. The lowest BCUT2D eigenvalue weighted by atomic mass is 10.2. The molecule has 25 heavy (non-hydrogen) atoms. The van der Waals surface area contributed by atoms with Crippen LogP contribution in [0.3, 0.4) is 0 Å². The summed E-state index contributed by atoms with van der Waals surface area (Å²) in [4.78, 5) is 12.2. The fourth-order valence-electron chi connectivity index (χ4n) is 1.83. The van der Waals surface area contributed by atoms with E-state index in [1.807, 2.05) is 6.07 Å². The molecule has 0 heterocycles. The Labute approximate surface area is 147 Å². The zero-order valence-corrected chi connectivity index (χ0v) is 15.0. The van der Waals surface area contributed by atoms with E-state index in [4.69, 9.17) is 5.26 Å². The zero-order chi connectivity index (χ0) is 18.7. The molecule has 0 aromatic heterocycles. The molecule has 7 heteroatoms. The number of nitrogens with one attached hydrogen (secondary N) is 2. The van der Waals surface area contributed by atoms with Crippen molar-refractivity contribution in [2.24, 2.45) is 0 Å². The van der Waals surface area contributed by atoms with E-state index < -0.39 is 14.8 Å². The topological polar surface area (TPSA) is 99.1 Å². The van der Waals surface area contributed by atoms with Gasteiger partial charge in [0.1, 0.15) is 0 Å². The van der Waals surface area contributed by atoms with E-state index in [1.54, 1.807) is 57.2 Å². The fraction of sp³-hybridized carbons (Fsp3) is 0.222. The van der Waals surface area contributed by atoms with Crippen LogP contribution in [0.4, 0.5) is 11.4 Å². The van der Waals surface area contributed by atoms with Gasteiger partial charge in [-0.2, -0.15) is 5.26 Å². The van der Waals surface area contributed by atoms with Gasteiger partial charge in [0.2, 0.25) is 10.0 Å². The summed E-state index contributed by atoms with van der Waals surface area (Å²) in [6.07, 6.45) is 0. The van der Waals surface area contributed by atoms with Crippen LogP contribution in [-0.2, 0) is 10.0 Å². The van der Waals surface area contributed by atoms with Crippen LogP contribution >= 0.6 is 0 Å². The standard InChI is InChI=1S/C18H19N3O3S/c1-18(2,3)25(23,24)21-16-10-6-14(7-11-16)17(22)20-15-8-4-13(12-19)5-9-15/h4-11,21H,1-3H3,(H,20,22). The molecule has 0 fully saturated rings. The minimum atomic E-state index is -3.52. The third-order valence-corrected chi connectivity index (χ3v) is 5.59. The summed E-state index contributed by atoms with van der Waals surface area (Å²) in [5.41, 5.74) is 1.86. The molecule has 2 aromatic rings. The van der Waals surface area contributed by atoms with Gasteiger partial charge in [0.25, 0.3) is 5.91 Å². The van der Waals surface area contributed by atoms with Gasteiger partial charge in [-0.1, -0.05) is 0 Å². The Morgan fingerprint density at radius 2 is 1.48 bits per heavy atom. The van der Waals surface area contributed by atoms with Gasteiger partial charge in [-0.05, 0) is 69.3 Å². The fourth-order valence-corrected chi connectivity index (χ4v) is 2.58. The van der Waals surface area contributed by atoms with Gasteiger partial charge in [0, 0.05) is 16.9 Å². The number of hydrogen-bond donors (Lipinski definition) is 2. The highest BCUT2D eigenvalue weighted by atomic mass is 32.2. The van der Waals surface area contributed by atoms with E-state index in [-0.39, 0.29) is 5.91 Å². The van der Waals surface area contributed by atoms with Gasteiger partial charge in [-0.3, -0.25) is 9.52 Å². The van der Waals surface area contributed by atoms with Gasteiger partial charge < -0.3 is 5.32 Å². The number of nitrogens with zero attached hydrogens (tertiary/aromatic N) is 1. The number of sulfonamides is 1. The van der Waals surface area contributed by atoms with Crippen LogP contribution in [0.1, 0.15) is 36.7 Å². The molecule has 1 amide bonds.